The van der Waals surface area contributed by atoms with Crippen LogP contribution in [-0.4, -0.2) is 47.8 Å². The van der Waals surface area contributed by atoms with Crippen LogP contribution in [-0.2, 0) is 9.53 Å². The minimum absolute atomic E-state index is 0.120. The molecule has 0 saturated carbocycles. The van der Waals surface area contributed by atoms with E-state index in [-0.39, 0.29) is 19.1 Å². The van der Waals surface area contributed by atoms with Gasteiger partial charge in [-0.1, -0.05) is 22.0 Å². The smallest absolute Gasteiger partial charge is 0.322 e. The third kappa shape index (κ3) is 4.18. The molecule has 2 rings (SSSR count). The third-order valence-electron chi connectivity index (χ3n) is 3.32. The van der Waals surface area contributed by atoms with Crippen molar-refractivity contribution in [3.8, 4) is 0 Å². The molecular formula is C14H17BrN2O4. The van der Waals surface area contributed by atoms with Gasteiger partial charge in [-0.2, -0.15) is 0 Å². The second kappa shape index (κ2) is 6.91. The van der Waals surface area contributed by atoms with Gasteiger partial charge in [0, 0.05) is 16.7 Å². The lowest BCUT2D eigenvalue weighted by Gasteiger charge is -2.34. The number of nitrogens with one attached hydrogen (secondary N) is 1. The van der Waals surface area contributed by atoms with Gasteiger partial charge in [-0.15, -0.1) is 0 Å². The van der Waals surface area contributed by atoms with Crippen LogP contribution in [0.3, 0.4) is 0 Å². The minimum Gasteiger partial charge on any atom is -0.481 e. The molecule has 0 radical (unpaired) electrons. The van der Waals surface area contributed by atoms with Crippen LogP contribution >= 0.6 is 15.9 Å². The fourth-order valence-electron chi connectivity index (χ4n) is 2.16. The number of benzene rings is 1. The first-order chi connectivity index (χ1) is 9.97. The predicted molar refractivity (Wildman–Crippen MR) is 81.5 cm³/mol. The largest absolute Gasteiger partial charge is 0.481 e. The van der Waals surface area contributed by atoms with Gasteiger partial charge in [-0.05, 0) is 24.6 Å². The number of aryl methyl sites for hydroxylation is 1. The van der Waals surface area contributed by atoms with Gasteiger partial charge >= 0.3 is 12.0 Å². The molecule has 1 aromatic carbocycles. The zero-order chi connectivity index (χ0) is 15.4. The monoisotopic (exact) mass is 356 g/mol. The molecule has 1 aliphatic heterocycles. The van der Waals surface area contributed by atoms with Crippen LogP contribution in [0.5, 0.6) is 0 Å². The van der Waals surface area contributed by atoms with E-state index in [2.05, 4.69) is 21.2 Å². The van der Waals surface area contributed by atoms with Crippen molar-refractivity contribution < 1.29 is 19.4 Å². The maximum Gasteiger partial charge on any atom is 0.322 e. The molecule has 2 N–H and O–H groups in total. The van der Waals surface area contributed by atoms with E-state index in [4.69, 9.17) is 9.84 Å². The lowest BCUT2D eigenvalue weighted by atomic mass is 10.1. The summed E-state index contributed by atoms with van der Waals surface area (Å²) in [5.41, 5.74) is 1.74. The van der Waals surface area contributed by atoms with E-state index in [1.54, 1.807) is 0 Å². The van der Waals surface area contributed by atoms with Crippen molar-refractivity contribution in [1.29, 1.82) is 0 Å². The molecule has 1 saturated heterocycles. The average molecular weight is 357 g/mol. The van der Waals surface area contributed by atoms with Gasteiger partial charge in [0.25, 0.3) is 0 Å². The fraction of sp³-hybridized carbons (Fsp3) is 0.429. The van der Waals surface area contributed by atoms with Crippen molar-refractivity contribution in [1.82, 2.24) is 4.90 Å². The van der Waals surface area contributed by atoms with Crippen molar-refractivity contribution in [2.75, 3.05) is 25.1 Å². The highest BCUT2D eigenvalue weighted by molar-refractivity contribution is 9.10. The van der Waals surface area contributed by atoms with Crippen LogP contribution < -0.4 is 5.32 Å². The van der Waals surface area contributed by atoms with E-state index >= 15 is 0 Å². The molecule has 1 unspecified atom stereocenters. The molecular weight excluding hydrogens is 340 g/mol. The van der Waals surface area contributed by atoms with Crippen LogP contribution in [0.2, 0.25) is 0 Å². The quantitative estimate of drug-likeness (QED) is 0.871. The molecule has 1 heterocycles. The van der Waals surface area contributed by atoms with E-state index in [0.29, 0.717) is 18.8 Å². The van der Waals surface area contributed by atoms with Gasteiger partial charge in [0.05, 0.1) is 25.7 Å². The predicted octanol–water partition coefficient (Wildman–Crippen LogP) is 2.46. The molecule has 1 fully saturated rings. The molecule has 0 bridgehead atoms. The van der Waals surface area contributed by atoms with Gasteiger partial charge < -0.3 is 20.1 Å². The van der Waals surface area contributed by atoms with E-state index in [0.717, 1.165) is 10.0 Å². The number of carbonyl (C=O) groups is 2. The van der Waals surface area contributed by atoms with Crippen LogP contribution in [0.25, 0.3) is 0 Å². The highest BCUT2D eigenvalue weighted by Crippen LogP contribution is 2.21. The first-order valence-electron chi connectivity index (χ1n) is 6.60. The number of anilines is 1. The highest BCUT2D eigenvalue weighted by atomic mass is 79.9. The highest BCUT2D eigenvalue weighted by Gasteiger charge is 2.29. The number of halogens is 1. The molecule has 0 aliphatic carbocycles. The number of carboxylic acids is 1. The number of carbonyl (C=O) groups excluding carboxylic acids is 1. The SMILES string of the molecule is Cc1ccc(NC(=O)N2CCOCC2CC(=O)O)cc1Br. The van der Waals surface area contributed by atoms with Crippen molar-refractivity contribution in [2.24, 2.45) is 0 Å². The van der Waals surface area contributed by atoms with E-state index in [1.807, 2.05) is 25.1 Å². The molecule has 6 nitrogen and oxygen atoms in total. The molecule has 114 valence electrons. The van der Waals surface area contributed by atoms with E-state index in [9.17, 15) is 9.59 Å². The lowest BCUT2D eigenvalue weighted by molar-refractivity contribution is -0.139. The standard InChI is InChI=1S/C14H17BrN2O4/c1-9-2-3-10(6-12(9)15)16-14(20)17-4-5-21-8-11(17)7-13(18)19/h2-3,6,11H,4-5,7-8H2,1H3,(H,16,20)(H,18,19). The fourth-order valence-corrected chi connectivity index (χ4v) is 2.54. The Bertz CT molecular complexity index is 550. The number of hydrogen-bond acceptors (Lipinski definition) is 3. The zero-order valence-electron chi connectivity index (χ0n) is 11.6. The molecule has 7 heteroatoms. The van der Waals surface area contributed by atoms with Crippen LogP contribution in [0.1, 0.15) is 12.0 Å². The normalized spacial score (nSPS) is 18.4. The number of rotatable bonds is 3. The Morgan fingerprint density at radius 2 is 2.29 bits per heavy atom. The summed E-state index contributed by atoms with van der Waals surface area (Å²) in [6, 6.07) is 4.78. The Kier molecular flexibility index (Phi) is 5.19. The number of aliphatic carboxylic acids is 1. The van der Waals surface area contributed by atoms with E-state index in [1.165, 1.54) is 4.90 Å². The summed E-state index contributed by atoms with van der Waals surface area (Å²) in [5.74, 6) is -0.943. The van der Waals surface area contributed by atoms with Crippen LogP contribution in [0.4, 0.5) is 10.5 Å². The molecule has 2 amide bonds. The number of amides is 2. The van der Waals surface area contributed by atoms with Crippen LogP contribution in [0.15, 0.2) is 22.7 Å². The first kappa shape index (κ1) is 15.8. The van der Waals surface area contributed by atoms with Crippen molar-refractivity contribution in [3.05, 3.63) is 28.2 Å². The number of carboxylic acid groups (broad SMARTS) is 1. The molecule has 1 aliphatic rings. The molecule has 0 aromatic heterocycles. The minimum atomic E-state index is -0.943. The molecule has 1 aromatic rings. The lowest BCUT2D eigenvalue weighted by Crippen LogP contribution is -2.51. The summed E-state index contributed by atoms with van der Waals surface area (Å²) >= 11 is 3.41. The summed E-state index contributed by atoms with van der Waals surface area (Å²) in [5, 5.41) is 11.7. The summed E-state index contributed by atoms with van der Waals surface area (Å²) in [6.07, 6.45) is -0.120. The summed E-state index contributed by atoms with van der Waals surface area (Å²) < 4.78 is 6.16. The summed E-state index contributed by atoms with van der Waals surface area (Å²) in [4.78, 5) is 24.7. The Labute approximate surface area is 131 Å². The zero-order valence-corrected chi connectivity index (χ0v) is 13.2. The van der Waals surface area contributed by atoms with Crippen LogP contribution in [0, 0.1) is 6.92 Å². The maximum atomic E-state index is 12.3. The number of urea groups is 1. The van der Waals surface area contributed by atoms with Gasteiger partial charge in [0.2, 0.25) is 0 Å². The summed E-state index contributed by atoms with van der Waals surface area (Å²) in [7, 11) is 0. The second-order valence-corrected chi connectivity index (χ2v) is 5.77. The van der Waals surface area contributed by atoms with Gasteiger partial charge in [-0.25, -0.2) is 4.79 Å². The number of hydrogen-bond donors (Lipinski definition) is 2. The maximum absolute atomic E-state index is 12.3. The Hall–Kier alpha value is -1.60. The van der Waals surface area contributed by atoms with Crippen molar-refractivity contribution in [3.63, 3.8) is 0 Å². The average Bonchev–Trinajstić information content (AvgIpc) is 2.43. The Morgan fingerprint density at radius 3 is 2.95 bits per heavy atom. The Morgan fingerprint density at radius 1 is 1.52 bits per heavy atom. The van der Waals surface area contributed by atoms with Crippen molar-refractivity contribution >= 4 is 33.6 Å². The number of nitrogens with zero attached hydrogens (tertiary/aromatic N) is 1. The van der Waals surface area contributed by atoms with Gasteiger partial charge in [-0.3, -0.25) is 4.79 Å². The Balaban J connectivity index is 2.06. The van der Waals surface area contributed by atoms with Gasteiger partial charge in [0.1, 0.15) is 0 Å². The summed E-state index contributed by atoms with van der Waals surface area (Å²) in [6.45, 7) is 3.01. The second-order valence-electron chi connectivity index (χ2n) is 4.91. The topological polar surface area (TPSA) is 78.9 Å². The molecule has 1 atom stereocenters. The third-order valence-corrected chi connectivity index (χ3v) is 4.18. The van der Waals surface area contributed by atoms with Crippen molar-refractivity contribution in [2.45, 2.75) is 19.4 Å². The number of morpholine rings is 1. The van der Waals surface area contributed by atoms with E-state index < -0.39 is 12.0 Å². The molecule has 21 heavy (non-hydrogen) atoms. The number of ether oxygens (including phenoxy) is 1. The first-order valence-corrected chi connectivity index (χ1v) is 7.40. The van der Waals surface area contributed by atoms with Gasteiger partial charge in [0.15, 0.2) is 0 Å². The molecule has 0 spiro atoms.